The summed E-state index contributed by atoms with van der Waals surface area (Å²) in [5, 5.41) is 13.2. The highest BCUT2D eigenvalue weighted by atomic mass is 16.3. The number of hydrogen-bond donors (Lipinski definition) is 2. The molecular weight excluding hydrogens is 236 g/mol. The van der Waals surface area contributed by atoms with Gasteiger partial charge in [0.2, 0.25) is 0 Å². The van der Waals surface area contributed by atoms with Gasteiger partial charge in [-0.2, -0.15) is 0 Å². The van der Waals surface area contributed by atoms with Gasteiger partial charge in [0.25, 0.3) is 0 Å². The molecule has 1 aromatic carbocycles. The van der Waals surface area contributed by atoms with Gasteiger partial charge in [0, 0.05) is 18.6 Å². The van der Waals surface area contributed by atoms with Gasteiger partial charge in [0.15, 0.2) is 0 Å². The summed E-state index contributed by atoms with van der Waals surface area (Å²) in [4.78, 5) is 2.26. The minimum atomic E-state index is -0.0724. The molecule has 1 atom stereocenters. The lowest BCUT2D eigenvalue weighted by atomic mass is 9.93. The van der Waals surface area contributed by atoms with Gasteiger partial charge < -0.3 is 15.3 Å². The van der Waals surface area contributed by atoms with Crippen molar-refractivity contribution in [3.63, 3.8) is 0 Å². The van der Waals surface area contributed by atoms with E-state index in [2.05, 4.69) is 54.6 Å². The number of hydrogen-bond acceptors (Lipinski definition) is 3. The molecule has 19 heavy (non-hydrogen) atoms. The second-order valence-corrected chi connectivity index (χ2v) is 5.80. The lowest BCUT2D eigenvalue weighted by Gasteiger charge is -2.30. The van der Waals surface area contributed by atoms with E-state index in [-0.39, 0.29) is 6.10 Å². The van der Waals surface area contributed by atoms with Gasteiger partial charge in [-0.05, 0) is 45.3 Å². The maximum absolute atomic E-state index is 9.53. The van der Waals surface area contributed by atoms with Gasteiger partial charge in [-0.25, -0.2) is 0 Å². The normalized spacial score (nSPS) is 25.5. The van der Waals surface area contributed by atoms with E-state index in [1.54, 1.807) is 0 Å². The molecule has 0 radical (unpaired) electrons. The smallest absolute Gasteiger partial charge is 0.0541 e. The molecule has 1 unspecified atom stereocenters. The Hall–Kier alpha value is -0.900. The number of nitrogens with zero attached hydrogens (tertiary/aromatic N) is 1. The van der Waals surface area contributed by atoms with Crippen LogP contribution >= 0.6 is 0 Å². The van der Waals surface area contributed by atoms with Crippen molar-refractivity contribution in [3.8, 4) is 0 Å². The largest absolute Gasteiger partial charge is 0.393 e. The first kappa shape index (κ1) is 14.5. The summed E-state index contributed by atoms with van der Waals surface area (Å²) in [7, 11) is 4.26. The van der Waals surface area contributed by atoms with Gasteiger partial charge >= 0.3 is 0 Å². The molecule has 0 bridgehead atoms. The van der Waals surface area contributed by atoms with Gasteiger partial charge in [0.1, 0.15) is 0 Å². The Morgan fingerprint density at radius 3 is 2.37 bits per heavy atom. The van der Waals surface area contributed by atoms with E-state index in [0.717, 1.165) is 32.2 Å². The Morgan fingerprint density at radius 1 is 1.16 bits per heavy atom. The molecular formula is C16H26N2O. The summed E-state index contributed by atoms with van der Waals surface area (Å²) in [6.07, 6.45) is 3.99. The Bertz CT molecular complexity index is 358. The van der Waals surface area contributed by atoms with Crippen molar-refractivity contribution in [2.45, 2.75) is 43.9 Å². The lowest BCUT2D eigenvalue weighted by molar-refractivity contribution is 0.115. The van der Waals surface area contributed by atoms with E-state index < -0.39 is 0 Å². The number of aliphatic hydroxyl groups is 1. The molecule has 2 N–H and O–H groups in total. The molecule has 0 aromatic heterocycles. The minimum absolute atomic E-state index is 0.0724. The van der Waals surface area contributed by atoms with Crippen molar-refractivity contribution >= 4 is 0 Å². The fraction of sp³-hybridized carbons (Fsp3) is 0.625. The van der Waals surface area contributed by atoms with Crippen molar-refractivity contribution < 1.29 is 5.11 Å². The molecule has 2 rings (SSSR count). The zero-order valence-corrected chi connectivity index (χ0v) is 12.0. The topological polar surface area (TPSA) is 35.5 Å². The highest BCUT2D eigenvalue weighted by Gasteiger charge is 2.21. The molecule has 1 saturated carbocycles. The second-order valence-electron chi connectivity index (χ2n) is 5.80. The molecule has 0 aliphatic heterocycles. The molecule has 3 heteroatoms. The quantitative estimate of drug-likeness (QED) is 0.854. The van der Waals surface area contributed by atoms with Crippen LogP contribution < -0.4 is 5.32 Å². The standard InChI is InChI=1S/C16H26N2O/c1-18(2)16(13-6-4-3-5-7-13)12-17-14-8-10-15(19)11-9-14/h3-7,14-17,19H,8-12H2,1-2H3. The average molecular weight is 262 g/mol. The summed E-state index contributed by atoms with van der Waals surface area (Å²) in [5.74, 6) is 0. The van der Waals surface area contributed by atoms with E-state index in [0.29, 0.717) is 12.1 Å². The third-order valence-corrected chi connectivity index (χ3v) is 4.10. The summed E-state index contributed by atoms with van der Waals surface area (Å²) in [6, 6.07) is 11.6. The van der Waals surface area contributed by atoms with Crippen molar-refractivity contribution in [1.82, 2.24) is 10.2 Å². The van der Waals surface area contributed by atoms with Gasteiger partial charge in [0.05, 0.1) is 6.10 Å². The molecule has 1 fully saturated rings. The van der Waals surface area contributed by atoms with Crippen LogP contribution in [-0.2, 0) is 0 Å². The second kappa shape index (κ2) is 7.04. The van der Waals surface area contributed by atoms with Crippen molar-refractivity contribution in [2.24, 2.45) is 0 Å². The Morgan fingerprint density at radius 2 is 1.79 bits per heavy atom. The summed E-state index contributed by atoms with van der Waals surface area (Å²) < 4.78 is 0. The van der Waals surface area contributed by atoms with Crippen molar-refractivity contribution in [1.29, 1.82) is 0 Å². The first-order chi connectivity index (χ1) is 9.16. The average Bonchev–Trinajstić information content (AvgIpc) is 2.42. The monoisotopic (exact) mass is 262 g/mol. The fourth-order valence-corrected chi connectivity index (χ4v) is 2.83. The highest BCUT2D eigenvalue weighted by molar-refractivity contribution is 5.19. The van der Waals surface area contributed by atoms with E-state index in [1.165, 1.54) is 5.56 Å². The number of aliphatic hydroxyl groups excluding tert-OH is 1. The predicted octanol–water partition coefficient (Wildman–Crippen LogP) is 2.18. The van der Waals surface area contributed by atoms with E-state index >= 15 is 0 Å². The molecule has 1 aliphatic carbocycles. The Balaban J connectivity index is 1.88. The van der Waals surface area contributed by atoms with Crippen LogP contribution in [-0.4, -0.2) is 42.8 Å². The predicted molar refractivity (Wildman–Crippen MR) is 79.1 cm³/mol. The van der Waals surface area contributed by atoms with Gasteiger partial charge in [-0.15, -0.1) is 0 Å². The molecule has 3 nitrogen and oxygen atoms in total. The Labute approximate surface area is 116 Å². The minimum Gasteiger partial charge on any atom is -0.393 e. The van der Waals surface area contributed by atoms with Crippen molar-refractivity contribution in [3.05, 3.63) is 35.9 Å². The molecule has 106 valence electrons. The number of benzene rings is 1. The maximum atomic E-state index is 9.53. The Kier molecular flexibility index (Phi) is 5.37. The maximum Gasteiger partial charge on any atom is 0.0541 e. The highest BCUT2D eigenvalue weighted by Crippen LogP contribution is 2.21. The summed E-state index contributed by atoms with van der Waals surface area (Å²) in [5.41, 5.74) is 1.36. The van der Waals surface area contributed by atoms with Gasteiger partial charge in [-0.1, -0.05) is 30.3 Å². The molecule has 0 saturated heterocycles. The van der Waals surface area contributed by atoms with Crippen LogP contribution in [0.15, 0.2) is 30.3 Å². The molecule has 1 aliphatic rings. The third kappa shape index (κ3) is 4.30. The molecule has 0 spiro atoms. The lowest BCUT2D eigenvalue weighted by Crippen LogP contribution is -2.39. The third-order valence-electron chi connectivity index (χ3n) is 4.10. The van der Waals surface area contributed by atoms with Gasteiger partial charge in [-0.3, -0.25) is 0 Å². The van der Waals surface area contributed by atoms with Crippen LogP contribution in [0.2, 0.25) is 0 Å². The van der Waals surface area contributed by atoms with E-state index in [1.807, 2.05) is 0 Å². The van der Waals surface area contributed by atoms with Crippen LogP contribution in [0.1, 0.15) is 37.3 Å². The van der Waals surface area contributed by atoms with Crippen LogP contribution in [0.3, 0.4) is 0 Å². The first-order valence-corrected chi connectivity index (χ1v) is 7.29. The van der Waals surface area contributed by atoms with Crippen LogP contribution in [0.5, 0.6) is 0 Å². The zero-order valence-electron chi connectivity index (χ0n) is 12.0. The summed E-state index contributed by atoms with van der Waals surface area (Å²) in [6.45, 7) is 0.970. The molecule has 0 heterocycles. The van der Waals surface area contributed by atoms with Crippen molar-refractivity contribution in [2.75, 3.05) is 20.6 Å². The molecule has 1 aromatic rings. The zero-order chi connectivity index (χ0) is 13.7. The summed E-state index contributed by atoms with van der Waals surface area (Å²) >= 11 is 0. The first-order valence-electron chi connectivity index (χ1n) is 7.29. The van der Waals surface area contributed by atoms with E-state index in [9.17, 15) is 5.11 Å². The van der Waals surface area contributed by atoms with Crippen LogP contribution in [0, 0.1) is 0 Å². The SMILES string of the molecule is CN(C)C(CNC1CCC(O)CC1)c1ccccc1. The van der Waals surface area contributed by atoms with E-state index in [4.69, 9.17) is 0 Å². The number of nitrogens with one attached hydrogen (secondary N) is 1. The fourth-order valence-electron chi connectivity index (χ4n) is 2.83. The molecule has 0 amide bonds. The van der Waals surface area contributed by atoms with Crippen LogP contribution in [0.25, 0.3) is 0 Å². The van der Waals surface area contributed by atoms with Crippen LogP contribution in [0.4, 0.5) is 0 Å². The number of likely N-dealkylation sites (N-methyl/N-ethyl adjacent to an activating group) is 1. The number of rotatable bonds is 5.